The molecule has 0 fully saturated rings. The molecule has 1 rings (SSSR count). The zero-order valence-electron chi connectivity index (χ0n) is 11.2. The number of aliphatic hydroxyl groups is 1. The summed E-state index contributed by atoms with van der Waals surface area (Å²) in [5.41, 5.74) is -2.67. The maximum Gasteiger partial charge on any atom is 0.325 e. The van der Waals surface area contributed by atoms with Crippen LogP contribution in [0.4, 0.5) is 0 Å². The predicted molar refractivity (Wildman–Crippen MR) is 70.1 cm³/mol. The standard InChI is InChI=1S/C12H19N3O4/c1-7(2)4-12(3,19)6-14-9(16)8-5-13-11(18)15-10(8)17/h5,7,19H,4,6H2,1-3H3,(H,14,16)(H2,13,15,17,18). The van der Waals surface area contributed by atoms with Gasteiger partial charge in [-0.25, -0.2) is 4.79 Å². The van der Waals surface area contributed by atoms with Crippen LogP contribution in [0.25, 0.3) is 0 Å². The van der Waals surface area contributed by atoms with Gasteiger partial charge < -0.3 is 15.4 Å². The quantitative estimate of drug-likeness (QED) is 0.581. The SMILES string of the molecule is CC(C)CC(C)(O)CNC(=O)c1c[nH]c(=O)[nH]c1=O. The van der Waals surface area contributed by atoms with E-state index in [0.29, 0.717) is 6.42 Å². The number of hydrogen-bond acceptors (Lipinski definition) is 4. The van der Waals surface area contributed by atoms with Gasteiger partial charge >= 0.3 is 5.69 Å². The van der Waals surface area contributed by atoms with Crippen LogP contribution < -0.4 is 16.6 Å². The van der Waals surface area contributed by atoms with Crippen molar-refractivity contribution < 1.29 is 9.90 Å². The molecule has 106 valence electrons. The van der Waals surface area contributed by atoms with Gasteiger partial charge in [0.1, 0.15) is 5.56 Å². The molecule has 19 heavy (non-hydrogen) atoms. The van der Waals surface area contributed by atoms with Crippen LogP contribution in [0.15, 0.2) is 15.8 Å². The molecule has 1 aromatic heterocycles. The molecule has 1 heterocycles. The van der Waals surface area contributed by atoms with Gasteiger partial charge in [0.15, 0.2) is 0 Å². The third kappa shape index (κ3) is 4.70. The molecule has 0 saturated carbocycles. The summed E-state index contributed by atoms with van der Waals surface area (Å²) in [5, 5.41) is 12.5. The van der Waals surface area contributed by atoms with Gasteiger partial charge in [0.2, 0.25) is 0 Å². The Labute approximate surface area is 110 Å². The lowest BCUT2D eigenvalue weighted by Gasteiger charge is -2.25. The first-order chi connectivity index (χ1) is 8.71. The average Bonchev–Trinajstić information content (AvgIpc) is 2.24. The van der Waals surface area contributed by atoms with Crippen LogP contribution in [-0.4, -0.2) is 33.1 Å². The molecule has 1 aromatic rings. The number of carbonyl (C=O) groups excluding carboxylic acids is 1. The van der Waals surface area contributed by atoms with Crippen LogP contribution in [0.5, 0.6) is 0 Å². The van der Waals surface area contributed by atoms with Gasteiger partial charge in [-0.15, -0.1) is 0 Å². The summed E-state index contributed by atoms with van der Waals surface area (Å²) in [6.45, 7) is 5.57. The molecule has 4 N–H and O–H groups in total. The highest BCUT2D eigenvalue weighted by molar-refractivity contribution is 5.93. The van der Waals surface area contributed by atoms with E-state index in [1.165, 1.54) is 0 Å². The van der Waals surface area contributed by atoms with E-state index in [0.717, 1.165) is 6.20 Å². The smallest absolute Gasteiger partial charge is 0.325 e. The largest absolute Gasteiger partial charge is 0.388 e. The summed E-state index contributed by atoms with van der Waals surface area (Å²) in [7, 11) is 0. The number of rotatable bonds is 5. The number of nitrogens with one attached hydrogen (secondary N) is 3. The molecule has 1 amide bonds. The van der Waals surface area contributed by atoms with Gasteiger partial charge in [-0.2, -0.15) is 0 Å². The molecule has 0 radical (unpaired) electrons. The Balaban J connectivity index is 2.71. The van der Waals surface area contributed by atoms with Crippen LogP contribution in [0, 0.1) is 5.92 Å². The second-order valence-corrected chi connectivity index (χ2v) is 5.26. The average molecular weight is 269 g/mol. The fourth-order valence-corrected chi connectivity index (χ4v) is 1.90. The van der Waals surface area contributed by atoms with Gasteiger partial charge in [0.05, 0.1) is 5.60 Å². The Morgan fingerprint density at radius 3 is 2.63 bits per heavy atom. The number of aromatic amines is 2. The van der Waals surface area contributed by atoms with Gasteiger partial charge in [-0.3, -0.25) is 14.6 Å². The van der Waals surface area contributed by atoms with E-state index in [1.807, 2.05) is 18.8 Å². The highest BCUT2D eigenvalue weighted by Crippen LogP contribution is 2.14. The number of aromatic nitrogens is 2. The number of hydrogen-bond donors (Lipinski definition) is 4. The molecule has 7 heteroatoms. The van der Waals surface area contributed by atoms with Gasteiger partial charge in [-0.1, -0.05) is 13.8 Å². The highest BCUT2D eigenvalue weighted by atomic mass is 16.3. The second kappa shape index (κ2) is 5.83. The normalized spacial score (nSPS) is 14.2. The number of H-pyrrole nitrogens is 2. The van der Waals surface area contributed by atoms with Crippen molar-refractivity contribution in [3.63, 3.8) is 0 Å². The van der Waals surface area contributed by atoms with E-state index < -0.39 is 22.8 Å². The first kappa shape index (κ1) is 15.2. The van der Waals surface area contributed by atoms with Gasteiger partial charge in [0.25, 0.3) is 11.5 Å². The highest BCUT2D eigenvalue weighted by Gasteiger charge is 2.23. The molecule has 0 aromatic carbocycles. The summed E-state index contributed by atoms with van der Waals surface area (Å²) in [6, 6.07) is 0. The van der Waals surface area contributed by atoms with Crippen molar-refractivity contribution in [3.05, 3.63) is 32.6 Å². The Kier molecular flexibility index (Phi) is 4.66. The third-order valence-electron chi connectivity index (χ3n) is 2.54. The van der Waals surface area contributed by atoms with Crippen LogP contribution in [-0.2, 0) is 0 Å². The Morgan fingerprint density at radius 2 is 2.11 bits per heavy atom. The van der Waals surface area contributed by atoms with E-state index in [9.17, 15) is 19.5 Å². The molecule has 0 aliphatic rings. The van der Waals surface area contributed by atoms with E-state index in [1.54, 1.807) is 6.92 Å². The number of amides is 1. The zero-order chi connectivity index (χ0) is 14.6. The van der Waals surface area contributed by atoms with Crippen LogP contribution >= 0.6 is 0 Å². The molecular weight excluding hydrogens is 250 g/mol. The Hall–Kier alpha value is -1.89. The van der Waals surface area contributed by atoms with Gasteiger partial charge in [0, 0.05) is 12.7 Å². The summed E-state index contributed by atoms with van der Waals surface area (Å²) in [5.74, 6) is -0.357. The first-order valence-corrected chi connectivity index (χ1v) is 6.04. The van der Waals surface area contributed by atoms with E-state index in [4.69, 9.17) is 0 Å². The van der Waals surface area contributed by atoms with E-state index >= 15 is 0 Å². The van der Waals surface area contributed by atoms with E-state index in [-0.39, 0.29) is 18.0 Å². The molecule has 0 aliphatic carbocycles. The molecule has 0 bridgehead atoms. The number of carbonyl (C=O) groups is 1. The fraction of sp³-hybridized carbons (Fsp3) is 0.583. The molecule has 7 nitrogen and oxygen atoms in total. The van der Waals surface area contributed by atoms with Crippen molar-refractivity contribution >= 4 is 5.91 Å². The van der Waals surface area contributed by atoms with E-state index in [2.05, 4.69) is 10.3 Å². The molecule has 0 aliphatic heterocycles. The lowest BCUT2D eigenvalue weighted by Crippen LogP contribution is -2.43. The summed E-state index contributed by atoms with van der Waals surface area (Å²) in [4.78, 5) is 38.1. The van der Waals surface area contributed by atoms with Crippen LogP contribution in [0.2, 0.25) is 0 Å². The fourth-order valence-electron chi connectivity index (χ4n) is 1.90. The molecule has 1 atom stereocenters. The van der Waals surface area contributed by atoms with Crippen LogP contribution in [0.1, 0.15) is 37.6 Å². The Bertz CT molecular complexity index is 557. The lowest BCUT2D eigenvalue weighted by atomic mass is 9.94. The minimum atomic E-state index is -1.04. The second-order valence-electron chi connectivity index (χ2n) is 5.26. The Morgan fingerprint density at radius 1 is 1.47 bits per heavy atom. The van der Waals surface area contributed by atoms with Crippen molar-refractivity contribution in [1.82, 2.24) is 15.3 Å². The molecular formula is C12H19N3O4. The predicted octanol–water partition coefficient (Wildman–Crippen LogP) is -0.410. The van der Waals surface area contributed by atoms with Gasteiger partial charge in [-0.05, 0) is 19.3 Å². The minimum absolute atomic E-state index is 0.0303. The van der Waals surface area contributed by atoms with Crippen molar-refractivity contribution in [1.29, 1.82) is 0 Å². The topological polar surface area (TPSA) is 115 Å². The minimum Gasteiger partial charge on any atom is -0.388 e. The van der Waals surface area contributed by atoms with Crippen LogP contribution in [0.3, 0.4) is 0 Å². The monoisotopic (exact) mass is 269 g/mol. The summed E-state index contributed by atoms with van der Waals surface area (Å²) >= 11 is 0. The van der Waals surface area contributed by atoms with Crippen molar-refractivity contribution in [2.24, 2.45) is 5.92 Å². The van der Waals surface area contributed by atoms with Crippen molar-refractivity contribution in [2.45, 2.75) is 32.8 Å². The molecule has 1 unspecified atom stereocenters. The van der Waals surface area contributed by atoms with Crippen molar-refractivity contribution in [3.8, 4) is 0 Å². The molecule has 0 spiro atoms. The van der Waals surface area contributed by atoms with Crippen molar-refractivity contribution in [2.75, 3.05) is 6.54 Å². The summed E-state index contributed by atoms with van der Waals surface area (Å²) < 4.78 is 0. The maximum absolute atomic E-state index is 11.7. The lowest BCUT2D eigenvalue weighted by molar-refractivity contribution is 0.0368. The third-order valence-corrected chi connectivity index (χ3v) is 2.54. The first-order valence-electron chi connectivity index (χ1n) is 6.04. The molecule has 0 saturated heterocycles. The maximum atomic E-state index is 11.7. The zero-order valence-corrected chi connectivity index (χ0v) is 11.2. The summed E-state index contributed by atoms with van der Waals surface area (Å²) in [6.07, 6.45) is 1.57.